The van der Waals surface area contributed by atoms with Crippen molar-refractivity contribution in [2.45, 2.75) is 20.3 Å². The zero-order valence-corrected chi connectivity index (χ0v) is 9.37. The number of hydrogen-bond acceptors (Lipinski definition) is 3. The summed E-state index contributed by atoms with van der Waals surface area (Å²) >= 11 is 0. The van der Waals surface area contributed by atoms with Crippen molar-refractivity contribution in [2.75, 3.05) is 6.61 Å². The van der Waals surface area contributed by atoms with E-state index in [1.54, 1.807) is 19.1 Å². The summed E-state index contributed by atoms with van der Waals surface area (Å²) in [5.74, 6) is -0.813. The minimum atomic E-state index is -0.526. The Bertz CT molecular complexity index is 402. The number of pyridine rings is 1. The van der Waals surface area contributed by atoms with Gasteiger partial charge in [-0.2, -0.15) is 4.39 Å². The van der Waals surface area contributed by atoms with Gasteiger partial charge in [0.1, 0.15) is 0 Å². The number of ether oxygens (including phenoxy) is 1. The van der Waals surface area contributed by atoms with E-state index in [1.165, 1.54) is 12.3 Å². The largest absolute Gasteiger partial charge is 0.466 e. The fourth-order valence-corrected chi connectivity index (χ4v) is 1.19. The lowest BCUT2D eigenvalue weighted by atomic mass is 10.1. The van der Waals surface area contributed by atoms with Crippen LogP contribution < -0.4 is 0 Å². The van der Waals surface area contributed by atoms with Gasteiger partial charge in [0.25, 0.3) is 0 Å². The Morgan fingerprint density at radius 2 is 2.38 bits per heavy atom. The van der Waals surface area contributed by atoms with Crippen LogP contribution in [0.5, 0.6) is 0 Å². The Morgan fingerprint density at radius 3 is 3.06 bits per heavy atom. The maximum atomic E-state index is 12.8. The van der Waals surface area contributed by atoms with Crippen LogP contribution in [0.25, 0.3) is 6.08 Å². The van der Waals surface area contributed by atoms with Crippen LogP contribution in [-0.4, -0.2) is 17.6 Å². The molecule has 0 fully saturated rings. The maximum Gasteiger partial charge on any atom is 0.309 e. The Morgan fingerprint density at radius 1 is 1.62 bits per heavy atom. The standard InChI is InChI=1S/C12H14FNO2/c1-3-16-12(15)6-4-5-10-7-11(13)14-8-9(10)2/h4-5,7-8H,3,6H2,1-2H3. The monoisotopic (exact) mass is 223 g/mol. The predicted molar refractivity (Wildman–Crippen MR) is 59.2 cm³/mol. The summed E-state index contributed by atoms with van der Waals surface area (Å²) in [4.78, 5) is 14.5. The molecule has 1 aromatic rings. The summed E-state index contributed by atoms with van der Waals surface area (Å²) in [7, 11) is 0. The molecule has 0 aliphatic rings. The van der Waals surface area contributed by atoms with E-state index in [4.69, 9.17) is 4.74 Å². The van der Waals surface area contributed by atoms with Gasteiger partial charge in [-0.05, 0) is 25.0 Å². The first-order valence-corrected chi connectivity index (χ1v) is 5.07. The van der Waals surface area contributed by atoms with Crippen LogP contribution in [0.1, 0.15) is 24.5 Å². The molecule has 0 saturated heterocycles. The van der Waals surface area contributed by atoms with Crippen molar-refractivity contribution in [1.82, 2.24) is 4.98 Å². The minimum Gasteiger partial charge on any atom is -0.466 e. The second-order valence-electron chi connectivity index (χ2n) is 3.28. The van der Waals surface area contributed by atoms with Gasteiger partial charge in [-0.25, -0.2) is 4.98 Å². The number of carbonyl (C=O) groups excluding carboxylic acids is 1. The maximum absolute atomic E-state index is 12.8. The van der Waals surface area contributed by atoms with Crippen molar-refractivity contribution in [2.24, 2.45) is 0 Å². The highest BCUT2D eigenvalue weighted by molar-refractivity contribution is 5.72. The number of hydrogen-bond donors (Lipinski definition) is 0. The Labute approximate surface area is 94.0 Å². The fourth-order valence-electron chi connectivity index (χ4n) is 1.19. The van der Waals surface area contributed by atoms with E-state index in [-0.39, 0.29) is 12.4 Å². The summed E-state index contributed by atoms with van der Waals surface area (Å²) in [6, 6.07) is 1.33. The number of rotatable bonds is 4. The van der Waals surface area contributed by atoms with Gasteiger partial charge in [0, 0.05) is 12.3 Å². The van der Waals surface area contributed by atoms with Crippen molar-refractivity contribution in [3.63, 3.8) is 0 Å². The van der Waals surface area contributed by atoms with Crippen LogP contribution >= 0.6 is 0 Å². The van der Waals surface area contributed by atoms with Crippen molar-refractivity contribution >= 4 is 12.0 Å². The molecule has 0 saturated carbocycles. The molecule has 0 unspecified atom stereocenters. The van der Waals surface area contributed by atoms with Gasteiger partial charge >= 0.3 is 5.97 Å². The SMILES string of the molecule is CCOC(=O)CC=Cc1cc(F)ncc1C. The Balaban J connectivity index is 2.62. The highest BCUT2D eigenvalue weighted by atomic mass is 19.1. The third kappa shape index (κ3) is 3.81. The molecule has 16 heavy (non-hydrogen) atoms. The van der Waals surface area contributed by atoms with Gasteiger partial charge in [0.05, 0.1) is 13.0 Å². The summed E-state index contributed by atoms with van der Waals surface area (Å²) in [6.07, 6.45) is 4.99. The highest BCUT2D eigenvalue weighted by Gasteiger charge is 1.99. The number of nitrogens with zero attached hydrogens (tertiary/aromatic N) is 1. The van der Waals surface area contributed by atoms with E-state index in [0.717, 1.165) is 11.1 Å². The summed E-state index contributed by atoms with van der Waals surface area (Å²) in [5, 5.41) is 0. The first kappa shape index (κ1) is 12.4. The molecule has 4 heteroatoms. The first-order valence-electron chi connectivity index (χ1n) is 5.07. The molecule has 0 N–H and O–H groups in total. The van der Waals surface area contributed by atoms with Crippen molar-refractivity contribution in [3.05, 3.63) is 35.4 Å². The summed E-state index contributed by atoms with van der Waals surface area (Å²) in [6.45, 7) is 3.95. The topological polar surface area (TPSA) is 39.2 Å². The molecule has 86 valence electrons. The molecule has 0 aromatic carbocycles. The van der Waals surface area contributed by atoms with E-state index in [2.05, 4.69) is 4.98 Å². The summed E-state index contributed by atoms with van der Waals surface area (Å²) < 4.78 is 17.6. The Kier molecular flexibility index (Phi) is 4.64. The zero-order chi connectivity index (χ0) is 12.0. The molecule has 3 nitrogen and oxygen atoms in total. The van der Waals surface area contributed by atoms with Crippen LogP contribution in [0.4, 0.5) is 4.39 Å². The van der Waals surface area contributed by atoms with Crippen LogP contribution in [0.2, 0.25) is 0 Å². The van der Waals surface area contributed by atoms with Crippen LogP contribution in [0, 0.1) is 12.9 Å². The number of halogens is 1. The normalized spacial score (nSPS) is 10.7. The molecule has 0 atom stereocenters. The third-order valence-corrected chi connectivity index (χ3v) is 2.00. The minimum absolute atomic E-state index is 0.192. The van der Waals surface area contributed by atoms with E-state index in [9.17, 15) is 9.18 Å². The second kappa shape index (κ2) is 6.00. The predicted octanol–water partition coefficient (Wildman–Crippen LogP) is 2.50. The van der Waals surface area contributed by atoms with Gasteiger partial charge in [-0.15, -0.1) is 0 Å². The lowest BCUT2D eigenvalue weighted by Gasteiger charge is -1.99. The fraction of sp³-hybridized carbons (Fsp3) is 0.333. The van der Waals surface area contributed by atoms with E-state index >= 15 is 0 Å². The zero-order valence-electron chi connectivity index (χ0n) is 9.37. The smallest absolute Gasteiger partial charge is 0.309 e. The van der Waals surface area contributed by atoms with Crippen LogP contribution in [0.15, 0.2) is 18.3 Å². The average molecular weight is 223 g/mol. The number of esters is 1. The van der Waals surface area contributed by atoms with Crippen molar-refractivity contribution < 1.29 is 13.9 Å². The quantitative estimate of drug-likeness (QED) is 0.581. The lowest BCUT2D eigenvalue weighted by Crippen LogP contribution is -2.01. The van der Waals surface area contributed by atoms with Gasteiger partial charge in [-0.3, -0.25) is 4.79 Å². The average Bonchev–Trinajstić information content (AvgIpc) is 2.23. The Hall–Kier alpha value is -1.71. The van der Waals surface area contributed by atoms with Crippen molar-refractivity contribution in [1.29, 1.82) is 0 Å². The molecule has 1 aromatic heterocycles. The van der Waals surface area contributed by atoms with E-state index < -0.39 is 5.95 Å². The molecule has 0 radical (unpaired) electrons. The number of carbonyl (C=O) groups is 1. The van der Waals surface area contributed by atoms with E-state index in [0.29, 0.717) is 6.61 Å². The third-order valence-electron chi connectivity index (χ3n) is 2.00. The van der Waals surface area contributed by atoms with Crippen molar-refractivity contribution in [3.8, 4) is 0 Å². The molecule has 1 heterocycles. The molecule has 0 amide bonds. The van der Waals surface area contributed by atoms with Crippen LogP contribution in [0.3, 0.4) is 0 Å². The second-order valence-corrected chi connectivity index (χ2v) is 3.28. The highest BCUT2D eigenvalue weighted by Crippen LogP contribution is 2.10. The van der Waals surface area contributed by atoms with Crippen LogP contribution in [-0.2, 0) is 9.53 Å². The number of aryl methyl sites for hydroxylation is 1. The molecule has 1 rings (SSSR count). The van der Waals surface area contributed by atoms with Gasteiger partial charge in [-0.1, -0.05) is 12.2 Å². The molecule has 0 aliphatic carbocycles. The molecule has 0 spiro atoms. The molecular weight excluding hydrogens is 209 g/mol. The molecule has 0 bridgehead atoms. The molecule has 0 aliphatic heterocycles. The number of aromatic nitrogens is 1. The first-order chi connectivity index (χ1) is 7.63. The lowest BCUT2D eigenvalue weighted by molar-refractivity contribution is -0.142. The van der Waals surface area contributed by atoms with Gasteiger partial charge in [0.15, 0.2) is 0 Å². The van der Waals surface area contributed by atoms with Gasteiger partial charge < -0.3 is 4.74 Å². The summed E-state index contributed by atoms with van der Waals surface area (Å²) in [5.41, 5.74) is 1.58. The van der Waals surface area contributed by atoms with Gasteiger partial charge in [0.2, 0.25) is 5.95 Å². The van der Waals surface area contributed by atoms with E-state index in [1.807, 2.05) is 6.92 Å². The molecular formula is C12H14FNO2.